The van der Waals surface area contributed by atoms with Crippen LogP contribution in [0.2, 0.25) is 0 Å². The Kier molecular flexibility index (Phi) is 6.55. The second-order valence-electron chi connectivity index (χ2n) is 8.96. The molecule has 0 saturated heterocycles. The Labute approximate surface area is 185 Å². The zero-order valence-corrected chi connectivity index (χ0v) is 18.1. The van der Waals surface area contributed by atoms with Crippen molar-refractivity contribution < 1.29 is 22.0 Å². The van der Waals surface area contributed by atoms with Crippen molar-refractivity contribution in [2.45, 2.75) is 64.0 Å². The molecule has 1 saturated carbocycles. The second kappa shape index (κ2) is 9.21. The number of fused-ring (bicyclic) bond motifs is 1. The van der Waals surface area contributed by atoms with Crippen molar-refractivity contribution in [2.75, 3.05) is 0 Å². The van der Waals surface area contributed by atoms with Crippen molar-refractivity contribution >= 4 is 10.8 Å². The fourth-order valence-electron chi connectivity index (χ4n) is 4.98. The van der Waals surface area contributed by atoms with Gasteiger partial charge in [-0.1, -0.05) is 62.6 Å². The molecule has 1 aliphatic carbocycles. The molecule has 0 radical (unpaired) electrons. The van der Waals surface area contributed by atoms with Crippen LogP contribution in [0.25, 0.3) is 21.9 Å². The molecule has 32 heavy (non-hydrogen) atoms. The molecule has 1 fully saturated rings. The first kappa shape index (κ1) is 22.8. The summed E-state index contributed by atoms with van der Waals surface area (Å²) >= 11 is 0. The van der Waals surface area contributed by atoms with Gasteiger partial charge in [0.15, 0.2) is 0 Å². The Morgan fingerprint density at radius 3 is 2.28 bits per heavy atom. The lowest BCUT2D eigenvalue weighted by Gasteiger charge is -2.29. The highest BCUT2D eigenvalue weighted by atomic mass is 19.4. The minimum atomic E-state index is -4.78. The molecule has 0 atom stereocenters. The van der Waals surface area contributed by atoms with Crippen LogP contribution in [-0.4, -0.2) is 0 Å². The highest BCUT2D eigenvalue weighted by molar-refractivity contribution is 5.89. The van der Waals surface area contributed by atoms with Crippen molar-refractivity contribution in [3.05, 3.63) is 71.3 Å². The van der Waals surface area contributed by atoms with E-state index in [9.17, 15) is 17.6 Å². The largest absolute Gasteiger partial charge is 0.419 e. The van der Waals surface area contributed by atoms with Crippen molar-refractivity contribution in [2.24, 2.45) is 5.92 Å². The molecule has 0 amide bonds. The predicted molar refractivity (Wildman–Crippen MR) is 119 cm³/mol. The van der Waals surface area contributed by atoms with E-state index in [2.05, 4.69) is 6.92 Å². The molecule has 3 aromatic carbocycles. The van der Waals surface area contributed by atoms with Crippen molar-refractivity contribution in [3.63, 3.8) is 0 Å². The molecule has 170 valence electrons. The quantitative estimate of drug-likeness (QED) is 0.343. The first-order chi connectivity index (χ1) is 15.3. The number of rotatable bonds is 5. The summed E-state index contributed by atoms with van der Waals surface area (Å²) in [4.78, 5) is 0. The fourth-order valence-corrected chi connectivity index (χ4v) is 4.98. The second-order valence-corrected chi connectivity index (χ2v) is 8.96. The Hall–Kier alpha value is -2.43. The first-order valence-electron chi connectivity index (χ1n) is 11.4. The zero-order valence-electron chi connectivity index (χ0n) is 18.1. The molecule has 0 bridgehead atoms. The summed E-state index contributed by atoms with van der Waals surface area (Å²) < 4.78 is 67.7. The van der Waals surface area contributed by atoms with E-state index in [1.54, 1.807) is 12.1 Å². The summed E-state index contributed by atoms with van der Waals surface area (Å²) in [6.45, 7) is 2.22. The van der Waals surface area contributed by atoms with E-state index >= 15 is 4.39 Å². The van der Waals surface area contributed by atoms with E-state index in [0.29, 0.717) is 17.4 Å². The monoisotopic (exact) mass is 446 g/mol. The smallest absolute Gasteiger partial charge is 0.206 e. The SMILES string of the molecule is CCCCC1CCC(c2ccc3c(F)c(-c4ccc(C(F)(F)F)c(F)c4)ccc3c2)CC1. The molecular formula is C27H27F5. The molecule has 0 nitrogen and oxygen atoms in total. The maximum atomic E-state index is 15.2. The van der Waals surface area contributed by atoms with E-state index < -0.39 is 23.4 Å². The van der Waals surface area contributed by atoms with Crippen LogP contribution < -0.4 is 0 Å². The highest BCUT2D eigenvalue weighted by Crippen LogP contribution is 2.40. The van der Waals surface area contributed by atoms with Gasteiger partial charge in [0, 0.05) is 10.9 Å². The van der Waals surface area contributed by atoms with Crippen molar-refractivity contribution in [1.82, 2.24) is 0 Å². The molecular weight excluding hydrogens is 419 g/mol. The van der Waals surface area contributed by atoms with Gasteiger partial charge < -0.3 is 0 Å². The molecule has 5 heteroatoms. The average molecular weight is 447 g/mol. The third-order valence-corrected chi connectivity index (χ3v) is 6.85. The van der Waals surface area contributed by atoms with E-state index in [1.807, 2.05) is 12.1 Å². The Morgan fingerprint density at radius 1 is 0.875 bits per heavy atom. The summed E-state index contributed by atoms with van der Waals surface area (Å²) in [5.74, 6) is -0.657. The number of hydrogen-bond donors (Lipinski definition) is 0. The highest BCUT2D eigenvalue weighted by Gasteiger charge is 2.34. The lowest BCUT2D eigenvalue weighted by molar-refractivity contribution is -0.139. The van der Waals surface area contributed by atoms with E-state index in [0.717, 1.165) is 36.3 Å². The standard InChI is InChI=1S/C27H27F5/c1-2-3-4-17-5-7-18(8-6-17)19-9-12-22-20(15-19)10-13-23(26(22)29)21-11-14-24(25(28)16-21)27(30,31)32/h9-18H,2-8H2,1H3. The molecule has 4 rings (SSSR count). The van der Waals surface area contributed by atoms with Crippen LogP contribution in [0.15, 0.2) is 48.5 Å². The van der Waals surface area contributed by atoms with E-state index in [4.69, 9.17) is 0 Å². The van der Waals surface area contributed by atoms with Crippen LogP contribution in [-0.2, 0) is 6.18 Å². The van der Waals surface area contributed by atoms with Crippen molar-refractivity contribution in [1.29, 1.82) is 0 Å². The van der Waals surface area contributed by atoms with Crippen LogP contribution >= 0.6 is 0 Å². The summed E-state index contributed by atoms with van der Waals surface area (Å²) in [5.41, 5.74) is 0.0364. The van der Waals surface area contributed by atoms with E-state index in [-0.39, 0.29) is 11.1 Å². The van der Waals surface area contributed by atoms with Crippen LogP contribution in [0.3, 0.4) is 0 Å². The topological polar surface area (TPSA) is 0 Å². The maximum absolute atomic E-state index is 15.2. The molecule has 0 unspecified atom stereocenters. The maximum Gasteiger partial charge on any atom is 0.419 e. The van der Waals surface area contributed by atoms with Crippen LogP contribution in [0, 0.1) is 17.6 Å². The minimum Gasteiger partial charge on any atom is -0.206 e. The van der Waals surface area contributed by atoms with Crippen LogP contribution in [0.5, 0.6) is 0 Å². The van der Waals surface area contributed by atoms with Gasteiger partial charge in [0.05, 0.1) is 5.56 Å². The normalized spacial score (nSPS) is 19.4. The number of unbranched alkanes of at least 4 members (excludes halogenated alkanes) is 1. The fraction of sp³-hybridized carbons (Fsp3) is 0.407. The third-order valence-electron chi connectivity index (χ3n) is 6.85. The number of benzene rings is 3. The molecule has 3 aromatic rings. The van der Waals surface area contributed by atoms with Gasteiger partial charge in [-0.25, -0.2) is 8.78 Å². The lowest BCUT2D eigenvalue weighted by Crippen LogP contribution is -2.13. The summed E-state index contributed by atoms with van der Waals surface area (Å²) in [5, 5.41) is 1.15. The van der Waals surface area contributed by atoms with Gasteiger partial charge in [-0.05, 0) is 66.2 Å². The van der Waals surface area contributed by atoms with Gasteiger partial charge in [-0.15, -0.1) is 0 Å². The predicted octanol–water partition coefficient (Wildman–Crippen LogP) is 9.27. The summed E-state index contributed by atoms with van der Waals surface area (Å²) in [6.07, 6.45) is 3.80. The average Bonchev–Trinajstić information content (AvgIpc) is 2.77. The Morgan fingerprint density at radius 2 is 1.62 bits per heavy atom. The molecule has 0 aliphatic heterocycles. The van der Waals surface area contributed by atoms with Crippen molar-refractivity contribution in [3.8, 4) is 11.1 Å². The van der Waals surface area contributed by atoms with Gasteiger partial charge in [0.2, 0.25) is 0 Å². The zero-order chi connectivity index (χ0) is 22.9. The first-order valence-corrected chi connectivity index (χ1v) is 11.4. The minimum absolute atomic E-state index is 0.0874. The molecule has 0 aromatic heterocycles. The number of alkyl halides is 3. The van der Waals surface area contributed by atoms with Gasteiger partial charge >= 0.3 is 6.18 Å². The van der Waals surface area contributed by atoms with E-state index in [1.165, 1.54) is 43.7 Å². The molecule has 0 spiro atoms. The Balaban J connectivity index is 1.58. The summed E-state index contributed by atoms with van der Waals surface area (Å²) in [6, 6.07) is 11.5. The van der Waals surface area contributed by atoms with Gasteiger partial charge in [-0.3, -0.25) is 0 Å². The number of halogens is 5. The molecule has 1 aliphatic rings. The summed E-state index contributed by atoms with van der Waals surface area (Å²) in [7, 11) is 0. The number of hydrogen-bond acceptors (Lipinski definition) is 0. The molecule has 0 heterocycles. The third kappa shape index (κ3) is 4.67. The van der Waals surface area contributed by atoms with Crippen LogP contribution in [0.1, 0.15) is 68.9 Å². The van der Waals surface area contributed by atoms with Gasteiger partial charge in [0.1, 0.15) is 11.6 Å². The van der Waals surface area contributed by atoms with Gasteiger partial charge in [-0.2, -0.15) is 13.2 Å². The lowest BCUT2D eigenvalue weighted by atomic mass is 9.77. The Bertz CT molecular complexity index is 1090. The van der Waals surface area contributed by atoms with Crippen LogP contribution in [0.4, 0.5) is 22.0 Å². The van der Waals surface area contributed by atoms with Gasteiger partial charge in [0.25, 0.3) is 0 Å². The molecule has 0 N–H and O–H groups in total.